The molecule has 0 bridgehead atoms. The maximum Gasteiger partial charge on any atom is 0.460 e. The number of ether oxygens (including phenoxy) is 2. The lowest BCUT2D eigenvalue weighted by Gasteiger charge is -2.42. The van der Waals surface area contributed by atoms with E-state index in [-0.39, 0.29) is 5.56 Å². The Labute approximate surface area is 303 Å². The first-order chi connectivity index (χ1) is 25.1. The molecule has 0 saturated carbocycles. The molecule has 0 radical (unpaired) electrons. The van der Waals surface area contributed by atoms with E-state index < -0.39 is 72.2 Å². The highest BCUT2D eigenvalue weighted by Gasteiger charge is 2.95. The van der Waals surface area contributed by atoms with Gasteiger partial charge in [-0.25, -0.2) is 4.79 Å². The molecule has 0 saturated heterocycles. The fourth-order valence-corrected chi connectivity index (χ4v) is 4.60. The lowest BCUT2D eigenvalue weighted by Crippen LogP contribution is -2.74. The van der Waals surface area contributed by atoms with Gasteiger partial charge in [0.15, 0.2) is 0 Å². The molecule has 0 aliphatic carbocycles. The van der Waals surface area contributed by atoms with Crippen molar-refractivity contribution in [2.24, 2.45) is 0 Å². The summed E-state index contributed by atoms with van der Waals surface area (Å²) in [5.74, 6) is -52.6. The van der Waals surface area contributed by atoms with E-state index >= 15 is 0 Å². The van der Waals surface area contributed by atoms with E-state index in [2.05, 4.69) is 23.5 Å². The van der Waals surface area contributed by atoms with Crippen LogP contribution in [0.25, 0.3) is 0 Å². The zero-order valence-electron chi connectivity index (χ0n) is 28.5. The van der Waals surface area contributed by atoms with Crippen LogP contribution in [0.2, 0.25) is 0 Å². The van der Waals surface area contributed by atoms with Gasteiger partial charge in [0, 0.05) is 11.1 Å². The summed E-state index contributed by atoms with van der Waals surface area (Å²) in [6.45, 7) is 0.646. The number of carbonyl (C=O) groups is 1. The summed E-state index contributed by atoms with van der Waals surface area (Å²) in [4.78, 5) is 12.1. The van der Waals surface area contributed by atoms with Crippen molar-refractivity contribution in [3.63, 3.8) is 0 Å². The van der Waals surface area contributed by atoms with E-state index in [9.17, 15) is 79.4 Å². The maximum absolute atomic E-state index is 14.1. The second kappa shape index (κ2) is 17.9. The van der Waals surface area contributed by atoms with Gasteiger partial charge >= 0.3 is 53.6 Å². The average Bonchev–Trinajstić information content (AvgIpc) is 3.09. The van der Waals surface area contributed by atoms with E-state index in [4.69, 9.17) is 4.74 Å². The van der Waals surface area contributed by atoms with E-state index in [1.165, 1.54) is 44.2 Å². The van der Waals surface area contributed by atoms with Gasteiger partial charge in [-0.3, -0.25) is 0 Å². The van der Waals surface area contributed by atoms with Crippen molar-refractivity contribution in [2.75, 3.05) is 13.2 Å². The minimum absolute atomic E-state index is 0.260. The molecular formula is C35H33F17O3. The van der Waals surface area contributed by atoms with E-state index in [0.29, 0.717) is 17.9 Å². The number of rotatable bonds is 20. The molecule has 310 valence electrons. The van der Waals surface area contributed by atoms with Gasteiger partial charge in [-0.15, -0.1) is 0 Å². The zero-order valence-corrected chi connectivity index (χ0v) is 28.5. The summed E-state index contributed by atoms with van der Waals surface area (Å²) in [6, 6.07) is 11.0. The summed E-state index contributed by atoms with van der Waals surface area (Å²) >= 11 is 0. The van der Waals surface area contributed by atoms with Crippen LogP contribution in [0.15, 0.2) is 48.5 Å². The fraction of sp³-hybridized carbons (Fsp3) is 0.571. The molecule has 0 aliphatic heterocycles. The maximum atomic E-state index is 14.1. The van der Waals surface area contributed by atoms with E-state index in [1.54, 1.807) is 24.3 Å². The third-order valence-electron chi connectivity index (χ3n) is 8.03. The molecule has 0 aliphatic rings. The Balaban J connectivity index is 2.00. The van der Waals surface area contributed by atoms with Crippen molar-refractivity contribution in [1.82, 2.24) is 0 Å². The number of carbonyl (C=O) groups excluding carboxylic acids is 1. The van der Waals surface area contributed by atoms with Gasteiger partial charge in [0.25, 0.3) is 0 Å². The largest absolute Gasteiger partial charge is 0.494 e. The van der Waals surface area contributed by atoms with Gasteiger partial charge in [-0.2, -0.15) is 74.6 Å². The number of unbranched alkanes of at least 4 members (excludes halogenated alkanes) is 7. The lowest BCUT2D eigenvalue weighted by molar-refractivity contribution is -0.461. The summed E-state index contributed by atoms with van der Waals surface area (Å²) in [7, 11) is 0. The van der Waals surface area contributed by atoms with Crippen molar-refractivity contribution >= 4 is 5.97 Å². The van der Waals surface area contributed by atoms with Crippen LogP contribution in [-0.4, -0.2) is 66.8 Å². The van der Waals surface area contributed by atoms with Crippen LogP contribution in [0, 0.1) is 11.8 Å². The van der Waals surface area contributed by atoms with Crippen molar-refractivity contribution in [1.29, 1.82) is 0 Å². The summed E-state index contributed by atoms with van der Waals surface area (Å²) < 4.78 is 238. The van der Waals surface area contributed by atoms with Crippen molar-refractivity contribution in [2.45, 2.75) is 112 Å². The summed E-state index contributed by atoms with van der Waals surface area (Å²) in [5.41, 5.74) is 0.305. The molecule has 0 N–H and O–H groups in total. The van der Waals surface area contributed by atoms with Gasteiger partial charge in [-0.05, 0) is 55.0 Å². The molecule has 2 rings (SSSR count). The van der Waals surface area contributed by atoms with E-state index in [1.807, 2.05) is 0 Å². The predicted octanol–water partition coefficient (Wildman–Crippen LogP) is 12.2. The first kappa shape index (κ1) is 47.2. The minimum Gasteiger partial charge on any atom is -0.494 e. The first-order valence-electron chi connectivity index (χ1n) is 16.4. The standard InChI is InChI=1S/C35H33F17O3/c1-2-3-4-5-6-7-8-9-21-54-26-18-14-24(15-19-26)11-10-23-12-16-25(17-13-23)27(53)55-22-20-28(36,37)29(38,39)30(40,41)31(42,43)32(44,45)33(46,47)34(48,49)35(50,51)52/h12-19H,2-9,20-22H2,1H3. The number of benzene rings is 2. The first-order valence-corrected chi connectivity index (χ1v) is 16.4. The summed E-state index contributed by atoms with van der Waals surface area (Å²) in [5, 5.41) is 0. The Morgan fingerprint density at radius 1 is 0.509 bits per heavy atom. The Hall–Kier alpha value is -3.92. The van der Waals surface area contributed by atoms with Gasteiger partial charge in [0.1, 0.15) is 5.75 Å². The highest BCUT2D eigenvalue weighted by Crippen LogP contribution is 2.64. The average molecular weight is 825 g/mol. The number of hydrogen-bond acceptors (Lipinski definition) is 3. The molecule has 3 nitrogen and oxygen atoms in total. The second-order valence-corrected chi connectivity index (χ2v) is 12.2. The number of alkyl halides is 17. The van der Waals surface area contributed by atoms with Gasteiger partial charge in [0.05, 0.1) is 25.2 Å². The smallest absolute Gasteiger partial charge is 0.460 e. The van der Waals surface area contributed by atoms with Crippen molar-refractivity contribution in [3.05, 3.63) is 65.2 Å². The Morgan fingerprint density at radius 2 is 0.909 bits per heavy atom. The van der Waals surface area contributed by atoms with Crippen LogP contribution in [0.5, 0.6) is 5.75 Å². The predicted molar refractivity (Wildman–Crippen MR) is 163 cm³/mol. The second-order valence-electron chi connectivity index (χ2n) is 12.2. The Morgan fingerprint density at radius 3 is 1.36 bits per heavy atom. The lowest BCUT2D eigenvalue weighted by atomic mass is 9.88. The SMILES string of the molecule is CCCCCCCCCCOc1ccc(C#Cc2ccc(C(=O)OCCC(F)(F)C(F)(F)C(F)(F)C(F)(F)C(F)(F)C(F)(F)C(F)(F)C(F)(F)F)cc2)cc1. The molecule has 2 aromatic carbocycles. The molecule has 0 amide bonds. The topological polar surface area (TPSA) is 35.5 Å². The molecule has 20 heteroatoms. The normalized spacial score (nSPS) is 13.6. The van der Waals surface area contributed by atoms with Gasteiger partial charge in [0.2, 0.25) is 0 Å². The highest BCUT2D eigenvalue weighted by atomic mass is 19.4. The third kappa shape index (κ3) is 10.3. The zero-order chi connectivity index (χ0) is 42.2. The minimum atomic E-state index is -8.71. The van der Waals surface area contributed by atoms with Crippen molar-refractivity contribution in [3.8, 4) is 17.6 Å². The van der Waals surface area contributed by atoms with Crippen LogP contribution in [0.1, 0.15) is 86.2 Å². The van der Waals surface area contributed by atoms with Crippen LogP contribution in [0.4, 0.5) is 74.6 Å². The molecule has 0 spiro atoms. The van der Waals surface area contributed by atoms with Crippen LogP contribution in [0.3, 0.4) is 0 Å². The monoisotopic (exact) mass is 824 g/mol. The number of halogens is 17. The molecule has 0 heterocycles. The molecular weight excluding hydrogens is 791 g/mol. The van der Waals surface area contributed by atoms with Crippen LogP contribution < -0.4 is 4.74 Å². The quantitative estimate of drug-likeness (QED) is 0.0577. The number of esters is 1. The molecule has 0 atom stereocenters. The number of hydrogen-bond donors (Lipinski definition) is 0. The molecule has 0 fully saturated rings. The third-order valence-corrected chi connectivity index (χ3v) is 8.03. The highest BCUT2D eigenvalue weighted by molar-refractivity contribution is 5.89. The Kier molecular flexibility index (Phi) is 15.4. The molecule has 0 unspecified atom stereocenters. The van der Waals surface area contributed by atoms with E-state index in [0.717, 1.165) is 31.4 Å². The van der Waals surface area contributed by atoms with Crippen molar-refractivity contribution < 1.29 is 88.9 Å². The molecule has 55 heavy (non-hydrogen) atoms. The molecule has 0 aromatic heterocycles. The summed E-state index contributed by atoms with van der Waals surface area (Å²) in [6.07, 6.45) is -1.61. The Bertz CT molecular complexity index is 1590. The van der Waals surface area contributed by atoms with Crippen LogP contribution in [-0.2, 0) is 4.74 Å². The van der Waals surface area contributed by atoms with Crippen LogP contribution >= 0.6 is 0 Å². The fourth-order valence-electron chi connectivity index (χ4n) is 4.60. The molecule has 2 aromatic rings. The van der Waals surface area contributed by atoms with Gasteiger partial charge < -0.3 is 9.47 Å². The van der Waals surface area contributed by atoms with Gasteiger partial charge in [-0.1, -0.05) is 63.7 Å².